The van der Waals surface area contributed by atoms with Crippen LogP contribution in [0.5, 0.6) is 0 Å². The van der Waals surface area contributed by atoms with Crippen molar-refractivity contribution < 1.29 is 4.79 Å². The molecule has 0 aliphatic heterocycles. The first-order valence-corrected chi connectivity index (χ1v) is 5.70. The molecule has 16 heavy (non-hydrogen) atoms. The van der Waals surface area contributed by atoms with E-state index >= 15 is 0 Å². The van der Waals surface area contributed by atoms with Crippen LogP contribution < -0.4 is 11.1 Å². The van der Waals surface area contributed by atoms with Gasteiger partial charge in [0.05, 0.1) is 0 Å². The van der Waals surface area contributed by atoms with Gasteiger partial charge in [-0.2, -0.15) is 0 Å². The molecular formula is C13H20N2O. The smallest absolute Gasteiger partial charge is 0.251 e. The molecule has 3 N–H and O–H groups in total. The second-order valence-corrected chi connectivity index (χ2v) is 4.07. The summed E-state index contributed by atoms with van der Waals surface area (Å²) in [5, 5.41) is 2.90. The van der Waals surface area contributed by atoms with E-state index in [0.29, 0.717) is 13.1 Å². The maximum atomic E-state index is 11.8. The number of carbonyl (C=O) groups is 1. The fraction of sp³-hybridized carbons (Fsp3) is 0.462. The van der Waals surface area contributed by atoms with Crippen molar-refractivity contribution in [1.29, 1.82) is 0 Å². The lowest BCUT2D eigenvalue weighted by Gasteiger charge is -2.08. The molecule has 0 fully saturated rings. The van der Waals surface area contributed by atoms with Crippen LogP contribution in [0.15, 0.2) is 18.2 Å². The molecular weight excluding hydrogens is 200 g/mol. The monoisotopic (exact) mass is 220 g/mol. The molecule has 0 heterocycles. The Morgan fingerprint density at radius 1 is 1.31 bits per heavy atom. The Morgan fingerprint density at radius 3 is 2.69 bits per heavy atom. The molecule has 1 amide bonds. The molecule has 1 aromatic carbocycles. The second kappa shape index (κ2) is 6.28. The van der Waals surface area contributed by atoms with Gasteiger partial charge in [-0.1, -0.05) is 17.7 Å². The van der Waals surface area contributed by atoms with E-state index in [2.05, 4.69) is 5.32 Å². The van der Waals surface area contributed by atoms with Crippen LogP contribution in [0.25, 0.3) is 0 Å². The zero-order valence-electron chi connectivity index (χ0n) is 10.0. The SMILES string of the molecule is Cc1ccc(C(=O)NCCCCN)c(C)c1. The molecule has 0 bridgehead atoms. The third kappa shape index (κ3) is 3.66. The van der Waals surface area contributed by atoms with Crippen molar-refractivity contribution in [2.45, 2.75) is 26.7 Å². The molecule has 0 aromatic heterocycles. The molecule has 0 saturated carbocycles. The van der Waals surface area contributed by atoms with Crippen LogP contribution in [0.3, 0.4) is 0 Å². The summed E-state index contributed by atoms with van der Waals surface area (Å²) in [6.07, 6.45) is 1.89. The minimum absolute atomic E-state index is 0.00882. The summed E-state index contributed by atoms with van der Waals surface area (Å²) < 4.78 is 0. The average molecular weight is 220 g/mol. The van der Waals surface area contributed by atoms with E-state index in [9.17, 15) is 4.79 Å². The minimum atomic E-state index is 0.00882. The van der Waals surface area contributed by atoms with Crippen LogP contribution in [0.4, 0.5) is 0 Å². The highest BCUT2D eigenvalue weighted by Crippen LogP contribution is 2.10. The fourth-order valence-electron chi connectivity index (χ4n) is 1.63. The predicted octanol–water partition coefficient (Wildman–Crippen LogP) is 1.77. The van der Waals surface area contributed by atoms with E-state index < -0.39 is 0 Å². The summed E-state index contributed by atoms with van der Waals surface area (Å²) in [7, 11) is 0. The maximum Gasteiger partial charge on any atom is 0.251 e. The highest BCUT2D eigenvalue weighted by Gasteiger charge is 2.07. The lowest BCUT2D eigenvalue weighted by molar-refractivity contribution is 0.0952. The Bertz CT molecular complexity index is 361. The Hall–Kier alpha value is -1.35. The van der Waals surface area contributed by atoms with Crippen LogP contribution in [-0.4, -0.2) is 19.0 Å². The van der Waals surface area contributed by atoms with Gasteiger partial charge in [-0.3, -0.25) is 4.79 Å². The number of nitrogens with two attached hydrogens (primary N) is 1. The number of aryl methyl sites for hydroxylation is 2. The van der Waals surface area contributed by atoms with Crippen molar-refractivity contribution in [3.8, 4) is 0 Å². The van der Waals surface area contributed by atoms with E-state index in [4.69, 9.17) is 5.73 Å². The summed E-state index contributed by atoms with van der Waals surface area (Å²) in [5.74, 6) is 0.00882. The Morgan fingerprint density at radius 2 is 2.06 bits per heavy atom. The molecule has 0 aliphatic rings. The van der Waals surface area contributed by atoms with Gasteiger partial charge in [0.15, 0.2) is 0 Å². The van der Waals surface area contributed by atoms with Gasteiger partial charge in [0, 0.05) is 12.1 Å². The maximum absolute atomic E-state index is 11.8. The van der Waals surface area contributed by atoms with Gasteiger partial charge in [-0.15, -0.1) is 0 Å². The van der Waals surface area contributed by atoms with E-state index in [1.165, 1.54) is 5.56 Å². The highest BCUT2D eigenvalue weighted by molar-refractivity contribution is 5.95. The number of amides is 1. The number of rotatable bonds is 5. The largest absolute Gasteiger partial charge is 0.352 e. The minimum Gasteiger partial charge on any atom is -0.352 e. The van der Waals surface area contributed by atoms with Crippen LogP contribution in [0.2, 0.25) is 0 Å². The second-order valence-electron chi connectivity index (χ2n) is 4.07. The van der Waals surface area contributed by atoms with Crippen LogP contribution in [0, 0.1) is 13.8 Å². The van der Waals surface area contributed by atoms with Crippen molar-refractivity contribution in [1.82, 2.24) is 5.32 Å². The quantitative estimate of drug-likeness (QED) is 0.743. The first-order valence-electron chi connectivity index (χ1n) is 5.70. The first-order chi connectivity index (χ1) is 7.65. The van der Waals surface area contributed by atoms with Crippen molar-refractivity contribution in [2.24, 2.45) is 5.73 Å². The van der Waals surface area contributed by atoms with Crippen molar-refractivity contribution in [3.05, 3.63) is 34.9 Å². The number of hydrogen-bond donors (Lipinski definition) is 2. The summed E-state index contributed by atoms with van der Waals surface area (Å²) in [6, 6.07) is 5.86. The molecule has 3 heteroatoms. The molecule has 0 radical (unpaired) electrons. The van der Waals surface area contributed by atoms with Crippen molar-refractivity contribution >= 4 is 5.91 Å². The number of carbonyl (C=O) groups excluding carboxylic acids is 1. The van der Waals surface area contributed by atoms with Gasteiger partial charge in [-0.25, -0.2) is 0 Å². The molecule has 88 valence electrons. The van der Waals surface area contributed by atoms with Crippen molar-refractivity contribution in [2.75, 3.05) is 13.1 Å². The molecule has 0 spiro atoms. The summed E-state index contributed by atoms with van der Waals surface area (Å²) >= 11 is 0. The number of benzene rings is 1. The number of nitrogens with one attached hydrogen (secondary N) is 1. The van der Waals surface area contributed by atoms with E-state index in [1.807, 2.05) is 32.0 Å². The van der Waals surface area contributed by atoms with Gasteiger partial charge >= 0.3 is 0 Å². The Labute approximate surface area is 97.0 Å². The normalized spacial score (nSPS) is 10.2. The lowest BCUT2D eigenvalue weighted by Crippen LogP contribution is -2.25. The Kier molecular flexibility index (Phi) is 4.99. The standard InChI is InChI=1S/C13H20N2O/c1-10-5-6-12(11(2)9-10)13(16)15-8-4-3-7-14/h5-6,9H,3-4,7-8,14H2,1-2H3,(H,15,16). The first kappa shape index (κ1) is 12.7. The average Bonchev–Trinajstić information content (AvgIpc) is 2.24. The Balaban J connectivity index is 2.53. The van der Waals surface area contributed by atoms with Crippen LogP contribution in [-0.2, 0) is 0 Å². The van der Waals surface area contributed by atoms with Gasteiger partial charge < -0.3 is 11.1 Å². The number of unbranched alkanes of at least 4 members (excludes halogenated alkanes) is 1. The molecule has 1 aromatic rings. The lowest BCUT2D eigenvalue weighted by atomic mass is 10.1. The molecule has 3 nitrogen and oxygen atoms in total. The van der Waals surface area contributed by atoms with Gasteiger partial charge in [0.25, 0.3) is 5.91 Å². The van der Waals surface area contributed by atoms with Crippen molar-refractivity contribution in [3.63, 3.8) is 0 Å². The topological polar surface area (TPSA) is 55.1 Å². The third-order valence-electron chi connectivity index (χ3n) is 2.54. The van der Waals surface area contributed by atoms with E-state index in [0.717, 1.165) is 24.0 Å². The zero-order valence-corrected chi connectivity index (χ0v) is 10.0. The summed E-state index contributed by atoms with van der Waals surface area (Å²) in [6.45, 7) is 5.36. The molecule has 0 atom stereocenters. The van der Waals surface area contributed by atoms with Gasteiger partial charge in [0.2, 0.25) is 0 Å². The molecule has 1 rings (SSSR count). The fourth-order valence-corrected chi connectivity index (χ4v) is 1.63. The van der Waals surface area contributed by atoms with E-state index in [1.54, 1.807) is 0 Å². The summed E-state index contributed by atoms with van der Waals surface area (Å²) in [4.78, 5) is 11.8. The van der Waals surface area contributed by atoms with Gasteiger partial charge in [-0.05, 0) is 44.9 Å². The van der Waals surface area contributed by atoms with Gasteiger partial charge in [0.1, 0.15) is 0 Å². The summed E-state index contributed by atoms with van der Waals surface area (Å²) in [5.41, 5.74) is 8.35. The molecule has 0 saturated heterocycles. The zero-order chi connectivity index (χ0) is 12.0. The van der Waals surface area contributed by atoms with Crippen LogP contribution >= 0.6 is 0 Å². The third-order valence-corrected chi connectivity index (χ3v) is 2.54. The number of hydrogen-bond acceptors (Lipinski definition) is 2. The van der Waals surface area contributed by atoms with E-state index in [-0.39, 0.29) is 5.91 Å². The van der Waals surface area contributed by atoms with Crippen LogP contribution in [0.1, 0.15) is 34.3 Å². The highest BCUT2D eigenvalue weighted by atomic mass is 16.1. The molecule has 0 aliphatic carbocycles. The predicted molar refractivity (Wildman–Crippen MR) is 66.5 cm³/mol. The molecule has 0 unspecified atom stereocenters.